The van der Waals surface area contributed by atoms with E-state index in [0.29, 0.717) is 12.2 Å². The van der Waals surface area contributed by atoms with Crippen LogP contribution in [0.15, 0.2) is 42.5 Å². The van der Waals surface area contributed by atoms with E-state index in [1.54, 1.807) is 7.11 Å². The van der Waals surface area contributed by atoms with E-state index < -0.39 is 0 Å². The number of hydrogen-bond acceptors (Lipinski definition) is 3. The Labute approximate surface area is 158 Å². The number of ether oxygens (including phenoxy) is 1. The molecule has 1 atom stereocenters. The van der Waals surface area contributed by atoms with Gasteiger partial charge in [-0.1, -0.05) is 51.1 Å². The van der Waals surface area contributed by atoms with Gasteiger partial charge in [0.2, 0.25) is 0 Å². The number of ketones is 1. The van der Waals surface area contributed by atoms with Crippen molar-refractivity contribution in [2.24, 2.45) is 0 Å². The Hall–Kier alpha value is -2.13. The van der Waals surface area contributed by atoms with E-state index in [1.165, 1.54) is 22.3 Å². The number of hydrogen-bond donors (Lipinski definition) is 0. The molecule has 0 aromatic heterocycles. The van der Waals surface area contributed by atoms with Gasteiger partial charge in [-0.05, 0) is 60.8 Å². The third-order valence-corrected chi connectivity index (χ3v) is 5.14. The van der Waals surface area contributed by atoms with Gasteiger partial charge in [0.05, 0.1) is 13.2 Å². The second kappa shape index (κ2) is 9.54. The topological polar surface area (TPSA) is 29.5 Å². The predicted molar refractivity (Wildman–Crippen MR) is 109 cm³/mol. The molecule has 0 aliphatic heterocycles. The average molecular weight is 354 g/mol. The maximum absolute atomic E-state index is 12.3. The molecular weight excluding hydrogens is 322 g/mol. The zero-order chi connectivity index (χ0) is 19.1. The number of nitrogens with zero attached hydrogens (tertiary/aromatic N) is 1. The summed E-state index contributed by atoms with van der Waals surface area (Å²) in [6, 6.07) is 14.8. The second-order valence-electron chi connectivity index (χ2n) is 6.69. The van der Waals surface area contributed by atoms with Gasteiger partial charge in [0.1, 0.15) is 11.5 Å². The Kier molecular flexibility index (Phi) is 7.40. The van der Waals surface area contributed by atoms with Crippen molar-refractivity contribution in [1.29, 1.82) is 0 Å². The van der Waals surface area contributed by atoms with Crippen LogP contribution in [0.2, 0.25) is 0 Å². The van der Waals surface area contributed by atoms with Gasteiger partial charge in [-0.15, -0.1) is 0 Å². The van der Waals surface area contributed by atoms with Crippen LogP contribution < -0.4 is 4.74 Å². The first-order valence-electron chi connectivity index (χ1n) is 9.53. The summed E-state index contributed by atoms with van der Waals surface area (Å²) in [4.78, 5) is 14.4. The molecule has 2 aromatic rings. The standard InChI is InChI=1S/C23H31NO2/c1-6-18-16-20(26-5)13-14-21(18)19-11-9-17(10-12-19)15-22(23(25)7-2)24(4)8-3/h9-14,16,22H,6-8,15H2,1-5H3. The lowest BCUT2D eigenvalue weighted by atomic mass is 9.94. The summed E-state index contributed by atoms with van der Waals surface area (Å²) in [5, 5.41) is 0. The molecule has 0 saturated heterocycles. The highest BCUT2D eigenvalue weighted by Gasteiger charge is 2.21. The normalized spacial score (nSPS) is 12.2. The molecule has 0 N–H and O–H groups in total. The van der Waals surface area contributed by atoms with Crippen LogP contribution >= 0.6 is 0 Å². The van der Waals surface area contributed by atoms with Crippen LogP contribution in [0.5, 0.6) is 5.75 Å². The summed E-state index contributed by atoms with van der Waals surface area (Å²) in [7, 11) is 3.72. The number of benzene rings is 2. The van der Waals surface area contributed by atoms with Crippen LogP contribution in [-0.4, -0.2) is 37.4 Å². The summed E-state index contributed by atoms with van der Waals surface area (Å²) in [5.74, 6) is 1.20. The van der Waals surface area contributed by atoms with Crippen molar-refractivity contribution in [2.45, 2.75) is 46.1 Å². The maximum Gasteiger partial charge on any atom is 0.150 e. The average Bonchev–Trinajstić information content (AvgIpc) is 2.70. The van der Waals surface area contributed by atoms with Crippen LogP contribution in [-0.2, 0) is 17.6 Å². The van der Waals surface area contributed by atoms with Crippen molar-refractivity contribution in [3.63, 3.8) is 0 Å². The fraction of sp³-hybridized carbons (Fsp3) is 0.435. The van der Waals surface area contributed by atoms with Crippen molar-refractivity contribution >= 4 is 5.78 Å². The molecule has 0 fully saturated rings. The Bertz CT molecular complexity index is 721. The molecule has 26 heavy (non-hydrogen) atoms. The van der Waals surface area contributed by atoms with Gasteiger partial charge in [0.25, 0.3) is 0 Å². The third kappa shape index (κ3) is 4.73. The first kappa shape index (κ1) is 20.2. The Morgan fingerprint density at radius 3 is 2.31 bits per heavy atom. The number of methoxy groups -OCH3 is 1. The first-order valence-corrected chi connectivity index (χ1v) is 9.53. The van der Waals surface area contributed by atoms with Crippen molar-refractivity contribution in [3.8, 4) is 16.9 Å². The Morgan fingerprint density at radius 2 is 1.77 bits per heavy atom. The van der Waals surface area contributed by atoms with Gasteiger partial charge in [-0.2, -0.15) is 0 Å². The minimum absolute atomic E-state index is 0.0389. The number of likely N-dealkylation sites (N-methyl/N-ethyl adjacent to an activating group) is 1. The van der Waals surface area contributed by atoms with E-state index in [9.17, 15) is 4.79 Å². The molecule has 0 saturated carbocycles. The maximum atomic E-state index is 12.3. The molecule has 3 nitrogen and oxygen atoms in total. The molecule has 0 spiro atoms. The lowest BCUT2D eigenvalue weighted by molar-refractivity contribution is -0.123. The van der Waals surface area contributed by atoms with E-state index >= 15 is 0 Å². The summed E-state index contributed by atoms with van der Waals surface area (Å²) >= 11 is 0. The number of aryl methyl sites for hydroxylation is 1. The zero-order valence-electron chi connectivity index (χ0n) is 16.7. The second-order valence-corrected chi connectivity index (χ2v) is 6.69. The monoisotopic (exact) mass is 353 g/mol. The summed E-state index contributed by atoms with van der Waals surface area (Å²) < 4.78 is 5.34. The molecule has 1 unspecified atom stereocenters. The van der Waals surface area contributed by atoms with E-state index in [2.05, 4.69) is 55.1 Å². The molecule has 0 aliphatic rings. The predicted octanol–water partition coefficient (Wildman–Crippen LogP) is 4.77. The fourth-order valence-corrected chi connectivity index (χ4v) is 3.29. The number of rotatable bonds is 9. The number of Topliss-reactive ketones (excluding diaryl/α,β-unsaturated/α-hetero) is 1. The van der Waals surface area contributed by atoms with Crippen molar-refractivity contribution in [1.82, 2.24) is 4.90 Å². The Balaban J connectivity index is 2.24. The minimum atomic E-state index is -0.0389. The molecule has 3 heteroatoms. The van der Waals surface area contributed by atoms with E-state index in [1.807, 2.05) is 20.0 Å². The highest BCUT2D eigenvalue weighted by atomic mass is 16.5. The third-order valence-electron chi connectivity index (χ3n) is 5.14. The SMILES string of the molecule is CCC(=O)C(Cc1ccc(-c2ccc(OC)cc2CC)cc1)N(C)CC. The van der Waals surface area contributed by atoms with Crippen LogP contribution in [0.4, 0.5) is 0 Å². The van der Waals surface area contributed by atoms with E-state index in [4.69, 9.17) is 4.74 Å². The fourth-order valence-electron chi connectivity index (χ4n) is 3.29. The van der Waals surface area contributed by atoms with Crippen molar-refractivity contribution in [2.75, 3.05) is 20.7 Å². The van der Waals surface area contributed by atoms with Crippen LogP contribution in [0.25, 0.3) is 11.1 Å². The summed E-state index contributed by atoms with van der Waals surface area (Å²) in [5.41, 5.74) is 4.93. The van der Waals surface area contributed by atoms with Gasteiger partial charge in [0, 0.05) is 6.42 Å². The summed E-state index contributed by atoms with van der Waals surface area (Å²) in [6.07, 6.45) is 2.31. The highest BCUT2D eigenvalue weighted by Crippen LogP contribution is 2.28. The molecule has 2 rings (SSSR count). The lowest BCUT2D eigenvalue weighted by Crippen LogP contribution is -2.39. The van der Waals surface area contributed by atoms with Crippen molar-refractivity contribution in [3.05, 3.63) is 53.6 Å². The molecule has 0 heterocycles. The van der Waals surface area contributed by atoms with Gasteiger partial charge < -0.3 is 4.74 Å². The number of carbonyl (C=O) groups excluding carboxylic acids is 1. The molecule has 2 aromatic carbocycles. The van der Waals surface area contributed by atoms with Gasteiger partial charge in [0.15, 0.2) is 0 Å². The molecule has 0 aliphatic carbocycles. The quantitative estimate of drug-likeness (QED) is 0.650. The van der Waals surface area contributed by atoms with Gasteiger partial charge in [-0.3, -0.25) is 9.69 Å². The minimum Gasteiger partial charge on any atom is -0.497 e. The van der Waals surface area contributed by atoms with Crippen LogP contribution in [0.3, 0.4) is 0 Å². The molecular formula is C23H31NO2. The van der Waals surface area contributed by atoms with Gasteiger partial charge in [-0.25, -0.2) is 0 Å². The zero-order valence-corrected chi connectivity index (χ0v) is 16.7. The first-order chi connectivity index (χ1) is 12.5. The molecule has 0 radical (unpaired) electrons. The molecule has 0 amide bonds. The van der Waals surface area contributed by atoms with Crippen LogP contribution in [0, 0.1) is 0 Å². The van der Waals surface area contributed by atoms with E-state index in [-0.39, 0.29) is 6.04 Å². The van der Waals surface area contributed by atoms with Crippen LogP contribution in [0.1, 0.15) is 38.3 Å². The number of carbonyl (C=O) groups is 1. The smallest absolute Gasteiger partial charge is 0.150 e. The van der Waals surface area contributed by atoms with E-state index in [0.717, 1.165) is 25.1 Å². The molecule has 140 valence electrons. The summed E-state index contributed by atoms with van der Waals surface area (Å²) in [6.45, 7) is 7.07. The largest absolute Gasteiger partial charge is 0.497 e. The molecule has 0 bridgehead atoms. The van der Waals surface area contributed by atoms with Gasteiger partial charge >= 0.3 is 0 Å². The lowest BCUT2D eigenvalue weighted by Gasteiger charge is -2.25. The Morgan fingerprint density at radius 1 is 1.08 bits per heavy atom. The van der Waals surface area contributed by atoms with Crippen molar-refractivity contribution < 1.29 is 9.53 Å². The highest BCUT2D eigenvalue weighted by molar-refractivity contribution is 5.84.